The number of hydrogen-bond acceptors (Lipinski definition) is 4. The van der Waals surface area contributed by atoms with Gasteiger partial charge in [0.15, 0.2) is 0 Å². The molecule has 0 radical (unpaired) electrons. The number of carbonyl (C=O) groups excluding carboxylic acids is 1. The Balaban J connectivity index is 2.49. The number of nitrogens with two attached hydrogens (primary N) is 1. The molecule has 1 heterocycles. The molecule has 4 N–H and O–H groups in total. The molecule has 2 aromatic rings. The number of aliphatic hydroxyl groups excluding tert-OH is 1. The normalized spacial score (nSPS) is 10.4. The minimum Gasteiger partial charge on any atom is -0.508 e. The second-order valence-electron chi connectivity index (χ2n) is 4.13. The molecule has 19 heavy (non-hydrogen) atoms. The highest BCUT2D eigenvalue weighted by Crippen LogP contribution is 2.22. The van der Waals surface area contributed by atoms with Crippen LogP contribution in [-0.2, 0) is 6.42 Å². The van der Waals surface area contributed by atoms with Crippen LogP contribution >= 0.6 is 0 Å². The van der Waals surface area contributed by atoms with Crippen LogP contribution in [-0.4, -0.2) is 27.7 Å². The smallest absolute Gasteiger partial charge is 0.267 e. The number of pyridine rings is 1. The number of aliphatic hydroxyl groups is 1. The van der Waals surface area contributed by atoms with Crippen LogP contribution in [0.2, 0.25) is 0 Å². The molecule has 0 aliphatic heterocycles. The van der Waals surface area contributed by atoms with E-state index >= 15 is 0 Å². The van der Waals surface area contributed by atoms with Gasteiger partial charge in [-0.3, -0.25) is 4.79 Å². The van der Waals surface area contributed by atoms with Crippen LogP contribution in [0.15, 0.2) is 36.4 Å². The summed E-state index contributed by atoms with van der Waals surface area (Å²) in [6, 6.07) is 9.84. The first kappa shape index (κ1) is 13.0. The summed E-state index contributed by atoms with van der Waals surface area (Å²) in [5, 5.41) is 18.2. The van der Waals surface area contributed by atoms with Gasteiger partial charge in [-0.1, -0.05) is 0 Å². The van der Waals surface area contributed by atoms with Crippen molar-refractivity contribution >= 4 is 5.91 Å². The lowest BCUT2D eigenvalue weighted by Crippen LogP contribution is -2.14. The number of benzene rings is 1. The number of carbonyl (C=O) groups is 1. The van der Waals surface area contributed by atoms with Crippen LogP contribution in [0.3, 0.4) is 0 Å². The van der Waals surface area contributed by atoms with Crippen LogP contribution in [0.1, 0.15) is 16.1 Å². The first-order valence-electron chi connectivity index (χ1n) is 5.81. The van der Waals surface area contributed by atoms with Crippen molar-refractivity contribution in [3.05, 3.63) is 47.7 Å². The SMILES string of the molecule is NC(=O)c1cc(CCO)cc(-c2ccc(O)cc2)n1. The van der Waals surface area contributed by atoms with E-state index in [1.807, 2.05) is 0 Å². The summed E-state index contributed by atoms with van der Waals surface area (Å²) in [6.07, 6.45) is 0.424. The van der Waals surface area contributed by atoms with Crippen LogP contribution in [0.4, 0.5) is 0 Å². The first-order valence-corrected chi connectivity index (χ1v) is 5.81. The highest BCUT2D eigenvalue weighted by molar-refractivity contribution is 5.91. The fourth-order valence-electron chi connectivity index (χ4n) is 1.77. The van der Waals surface area contributed by atoms with E-state index in [1.54, 1.807) is 36.4 Å². The van der Waals surface area contributed by atoms with E-state index in [0.29, 0.717) is 12.1 Å². The fourth-order valence-corrected chi connectivity index (χ4v) is 1.77. The second-order valence-corrected chi connectivity index (χ2v) is 4.13. The van der Waals surface area contributed by atoms with Gasteiger partial charge in [0, 0.05) is 12.2 Å². The number of hydrogen-bond donors (Lipinski definition) is 3. The van der Waals surface area contributed by atoms with Gasteiger partial charge in [0.1, 0.15) is 11.4 Å². The second kappa shape index (κ2) is 5.49. The molecule has 0 saturated carbocycles. The fraction of sp³-hybridized carbons (Fsp3) is 0.143. The van der Waals surface area contributed by atoms with Crippen molar-refractivity contribution in [2.45, 2.75) is 6.42 Å². The van der Waals surface area contributed by atoms with Gasteiger partial charge in [0.25, 0.3) is 5.91 Å². The maximum absolute atomic E-state index is 11.3. The van der Waals surface area contributed by atoms with Crippen molar-refractivity contribution < 1.29 is 15.0 Å². The van der Waals surface area contributed by atoms with Crippen molar-refractivity contribution in [1.29, 1.82) is 0 Å². The number of rotatable bonds is 4. The standard InChI is InChI=1S/C14H14N2O3/c15-14(19)13-8-9(5-6-17)7-12(16-13)10-1-3-11(18)4-2-10/h1-4,7-8,17-18H,5-6H2,(H2,15,19). The lowest BCUT2D eigenvalue weighted by Gasteiger charge is -2.07. The lowest BCUT2D eigenvalue weighted by molar-refractivity contribution is 0.0995. The summed E-state index contributed by atoms with van der Waals surface area (Å²) in [4.78, 5) is 15.4. The van der Waals surface area contributed by atoms with Gasteiger partial charge in [-0.2, -0.15) is 0 Å². The van der Waals surface area contributed by atoms with Gasteiger partial charge in [0.2, 0.25) is 0 Å². The van der Waals surface area contributed by atoms with E-state index in [2.05, 4.69) is 4.98 Å². The van der Waals surface area contributed by atoms with E-state index in [1.165, 1.54) is 0 Å². The van der Waals surface area contributed by atoms with Crippen molar-refractivity contribution in [1.82, 2.24) is 4.98 Å². The number of aromatic hydroxyl groups is 1. The van der Waals surface area contributed by atoms with Crippen LogP contribution in [0, 0.1) is 0 Å². The molecular weight excluding hydrogens is 244 g/mol. The summed E-state index contributed by atoms with van der Waals surface area (Å²) >= 11 is 0. The highest BCUT2D eigenvalue weighted by atomic mass is 16.3. The van der Waals surface area contributed by atoms with Crippen LogP contribution < -0.4 is 5.73 Å². The van der Waals surface area contributed by atoms with Crippen LogP contribution in [0.5, 0.6) is 5.75 Å². The number of primary amides is 1. The maximum atomic E-state index is 11.3. The Hall–Kier alpha value is -2.40. The monoisotopic (exact) mass is 258 g/mol. The number of phenols is 1. The van der Waals surface area contributed by atoms with Crippen molar-refractivity contribution in [3.63, 3.8) is 0 Å². The van der Waals surface area contributed by atoms with E-state index in [4.69, 9.17) is 10.8 Å². The largest absolute Gasteiger partial charge is 0.508 e. The summed E-state index contributed by atoms with van der Waals surface area (Å²) < 4.78 is 0. The zero-order valence-corrected chi connectivity index (χ0v) is 10.2. The summed E-state index contributed by atoms with van der Waals surface area (Å²) in [6.45, 7) is -0.0166. The Morgan fingerprint density at radius 1 is 1.21 bits per heavy atom. The Labute approximate surface area is 110 Å². The van der Waals surface area contributed by atoms with Gasteiger partial charge in [-0.25, -0.2) is 4.98 Å². The van der Waals surface area contributed by atoms with E-state index in [-0.39, 0.29) is 18.1 Å². The molecule has 2 rings (SSSR count). The Bertz CT molecular complexity index is 594. The van der Waals surface area contributed by atoms with Crippen molar-refractivity contribution in [2.24, 2.45) is 5.73 Å². The third-order valence-corrected chi connectivity index (χ3v) is 2.70. The predicted molar refractivity (Wildman–Crippen MR) is 70.6 cm³/mol. The number of phenolic OH excluding ortho intramolecular Hbond substituents is 1. The molecular formula is C14H14N2O3. The third kappa shape index (κ3) is 3.08. The minimum absolute atomic E-state index is 0.0166. The molecule has 0 aliphatic carbocycles. The minimum atomic E-state index is -0.611. The van der Waals surface area contributed by atoms with Gasteiger partial charge in [0.05, 0.1) is 5.69 Å². The molecule has 0 fully saturated rings. The molecule has 0 saturated heterocycles. The molecule has 1 amide bonds. The Morgan fingerprint density at radius 2 is 1.89 bits per heavy atom. The zero-order valence-electron chi connectivity index (χ0n) is 10.2. The molecule has 1 aromatic carbocycles. The molecule has 0 atom stereocenters. The van der Waals surface area contributed by atoms with Crippen LogP contribution in [0.25, 0.3) is 11.3 Å². The Kier molecular flexibility index (Phi) is 3.77. The summed E-state index contributed by atoms with van der Waals surface area (Å²) in [7, 11) is 0. The average molecular weight is 258 g/mol. The predicted octanol–water partition coefficient (Wildman–Crippen LogP) is 1.09. The van der Waals surface area contributed by atoms with Crippen molar-refractivity contribution in [2.75, 3.05) is 6.61 Å². The van der Waals surface area contributed by atoms with Gasteiger partial charge < -0.3 is 15.9 Å². The zero-order chi connectivity index (χ0) is 13.8. The molecule has 1 aromatic heterocycles. The molecule has 0 unspecified atom stereocenters. The van der Waals surface area contributed by atoms with E-state index < -0.39 is 5.91 Å². The summed E-state index contributed by atoms with van der Waals surface area (Å²) in [5.41, 5.74) is 7.54. The topological polar surface area (TPSA) is 96.4 Å². The quantitative estimate of drug-likeness (QED) is 0.764. The number of aromatic nitrogens is 1. The van der Waals surface area contributed by atoms with E-state index in [0.717, 1.165) is 11.1 Å². The number of amides is 1. The molecule has 0 bridgehead atoms. The number of nitrogens with zero attached hydrogens (tertiary/aromatic N) is 1. The van der Waals surface area contributed by atoms with Gasteiger partial charge in [-0.05, 0) is 48.4 Å². The van der Waals surface area contributed by atoms with E-state index in [9.17, 15) is 9.90 Å². The van der Waals surface area contributed by atoms with Gasteiger partial charge in [-0.15, -0.1) is 0 Å². The first-order chi connectivity index (χ1) is 9.10. The highest BCUT2D eigenvalue weighted by Gasteiger charge is 2.09. The Morgan fingerprint density at radius 3 is 2.47 bits per heavy atom. The molecule has 98 valence electrons. The average Bonchev–Trinajstić information content (AvgIpc) is 2.39. The summed E-state index contributed by atoms with van der Waals surface area (Å²) in [5.74, 6) is -0.454. The van der Waals surface area contributed by atoms with Gasteiger partial charge >= 0.3 is 0 Å². The lowest BCUT2D eigenvalue weighted by atomic mass is 10.1. The molecule has 0 spiro atoms. The molecule has 5 nitrogen and oxygen atoms in total. The van der Waals surface area contributed by atoms with Crippen molar-refractivity contribution in [3.8, 4) is 17.0 Å². The molecule has 0 aliphatic rings. The maximum Gasteiger partial charge on any atom is 0.267 e. The molecule has 5 heteroatoms. The third-order valence-electron chi connectivity index (χ3n) is 2.70.